The molecule has 0 heterocycles. The second-order valence-corrected chi connectivity index (χ2v) is 6.61. The normalized spacial score (nSPS) is 31.0. The van der Waals surface area contributed by atoms with Crippen LogP contribution in [0.25, 0.3) is 0 Å². The van der Waals surface area contributed by atoms with Crippen LogP contribution in [0.2, 0.25) is 0 Å². The van der Waals surface area contributed by atoms with E-state index in [1.165, 1.54) is 24.8 Å². The predicted molar refractivity (Wildman–Crippen MR) is 82.9 cm³/mol. The van der Waals surface area contributed by atoms with Crippen LogP contribution < -0.4 is 5.32 Å². The lowest BCUT2D eigenvalue weighted by molar-refractivity contribution is -0.00817. The Hall–Kier alpha value is -0.860. The molecule has 0 unspecified atom stereocenters. The van der Waals surface area contributed by atoms with Crippen molar-refractivity contribution in [3.8, 4) is 0 Å². The topological polar surface area (TPSA) is 32.3 Å². The lowest BCUT2D eigenvalue weighted by Crippen LogP contribution is -2.39. The summed E-state index contributed by atoms with van der Waals surface area (Å²) in [6.07, 6.45) is 7.98. The van der Waals surface area contributed by atoms with Crippen LogP contribution >= 0.6 is 0 Å². The molecule has 2 heteroatoms. The van der Waals surface area contributed by atoms with Gasteiger partial charge in [-0.05, 0) is 62.1 Å². The first kappa shape index (κ1) is 14.1. The van der Waals surface area contributed by atoms with Gasteiger partial charge in [-0.25, -0.2) is 0 Å². The Labute approximate surface area is 122 Å². The third-order valence-corrected chi connectivity index (χ3v) is 5.33. The van der Waals surface area contributed by atoms with E-state index in [9.17, 15) is 5.11 Å². The summed E-state index contributed by atoms with van der Waals surface area (Å²) in [7, 11) is 0. The average molecular weight is 273 g/mol. The molecule has 0 radical (unpaired) electrons. The Morgan fingerprint density at radius 2 is 1.75 bits per heavy atom. The molecule has 0 spiro atoms. The fourth-order valence-corrected chi connectivity index (χ4v) is 3.68. The number of hydrogen-bond acceptors (Lipinski definition) is 2. The van der Waals surface area contributed by atoms with Crippen LogP contribution in [0.15, 0.2) is 24.3 Å². The molecule has 2 N–H and O–H groups in total. The highest BCUT2D eigenvalue weighted by atomic mass is 16.3. The van der Waals surface area contributed by atoms with Crippen LogP contribution in [-0.4, -0.2) is 17.7 Å². The summed E-state index contributed by atoms with van der Waals surface area (Å²) >= 11 is 0. The van der Waals surface area contributed by atoms with Crippen LogP contribution in [-0.2, 0) is 5.60 Å². The monoisotopic (exact) mass is 273 g/mol. The fraction of sp³-hybridized carbons (Fsp3) is 0.667. The van der Waals surface area contributed by atoms with E-state index < -0.39 is 5.60 Å². The molecule has 2 aliphatic rings. The molecule has 0 saturated heterocycles. The first-order chi connectivity index (χ1) is 9.71. The highest BCUT2D eigenvalue weighted by Crippen LogP contribution is 2.40. The minimum Gasteiger partial charge on any atom is -0.385 e. The molecule has 0 amide bonds. The first-order valence-corrected chi connectivity index (χ1v) is 8.27. The van der Waals surface area contributed by atoms with E-state index in [-0.39, 0.29) is 0 Å². The zero-order valence-electron chi connectivity index (χ0n) is 12.6. The summed E-state index contributed by atoms with van der Waals surface area (Å²) in [6, 6.07) is 9.42. The van der Waals surface area contributed by atoms with E-state index in [2.05, 4.69) is 36.5 Å². The Bertz CT molecular complexity index is 427. The van der Waals surface area contributed by atoms with Gasteiger partial charge in [0.05, 0.1) is 5.60 Å². The summed E-state index contributed by atoms with van der Waals surface area (Å²) < 4.78 is 0. The minimum absolute atomic E-state index is 0.592. The molecule has 1 aromatic rings. The third kappa shape index (κ3) is 2.77. The SMILES string of the molecule is CCNC1CCC(O)(c2ccc(C3CCC3)cc2)CC1. The first-order valence-electron chi connectivity index (χ1n) is 8.27. The second kappa shape index (κ2) is 5.87. The summed E-state index contributed by atoms with van der Waals surface area (Å²) in [4.78, 5) is 0. The van der Waals surface area contributed by atoms with Crippen molar-refractivity contribution in [2.45, 2.75) is 69.4 Å². The fourth-order valence-electron chi connectivity index (χ4n) is 3.68. The predicted octanol–water partition coefficient (Wildman–Crippen LogP) is 3.69. The lowest BCUT2D eigenvalue weighted by atomic mass is 9.76. The Balaban J connectivity index is 1.65. The van der Waals surface area contributed by atoms with Crippen molar-refractivity contribution in [1.82, 2.24) is 5.32 Å². The molecule has 2 fully saturated rings. The van der Waals surface area contributed by atoms with Crippen LogP contribution in [0, 0.1) is 0 Å². The number of hydrogen-bond donors (Lipinski definition) is 2. The molecular formula is C18H27NO. The maximum absolute atomic E-state index is 10.9. The third-order valence-electron chi connectivity index (χ3n) is 5.33. The van der Waals surface area contributed by atoms with Crippen molar-refractivity contribution in [2.75, 3.05) is 6.54 Å². The standard InChI is InChI=1S/C18H27NO/c1-2-19-17-10-12-18(20,13-11-17)16-8-6-15(7-9-16)14-4-3-5-14/h6-9,14,17,19-20H,2-5,10-13H2,1H3. The van der Waals surface area contributed by atoms with Gasteiger partial charge < -0.3 is 10.4 Å². The summed E-state index contributed by atoms with van der Waals surface area (Å²) in [6.45, 7) is 3.18. The van der Waals surface area contributed by atoms with Gasteiger partial charge in [-0.2, -0.15) is 0 Å². The molecular weight excluding hydrogens is 246 g/mol. The molecule has 0 bridgehead atoms. The van der Waals surface area contributed by atoms with Crippen molar-refractivity contribution in [1.29, 1.82) is 0 Å². The van der Waals surface area contributed by atoms with Crippen molar-refractivity contribution < 1.29 is 5.11 Å². The maximum atomic E-state index is 10.9. The second-order valence-electron chi connectivity index (χ2n) is 6.61. The van der Waals surface area contributed by atoms with Gasteiger partial charge in [0, 0.05) is 6.04 Å². The highest BCUT2D eigenvalue weighted by molar-refractivity contribution is 5.30. The van der Waals surface area contributed by atoms with Crippen LogP contribution in [0.3, 0.4) is 0 Å². The molecule has 2 nitrogen and oxygen atoms in total. The van der Waals surface area contributed by atoms with Crippen molar-refractivity contribution in [3.05, 3.63) is 35.4 Å². The number of rotatable bonds is 4. The molecule has 0 aromatic heterocycles. The molecule has 0 aliphatic heterocycles. The van der Waals surface area contributed by atoms with E-state index in [0.717, 1.165) is 43.7 Å². The van der Waals surface area contributed by atoms with E-state index in [1.807, 2.05) is 0 Å². The maximum Gasteiger partial charge on any atom is 0.0897 e. The van der Waals surface area contributed by atoms with E-state index in [1.54, 1.807) is 0 Å². The molecule has 110 valence electrons. The number of benzene rings is 1. The quantitative estimate of drug-likeness (QED) is 0.877. The molecule has 1 aromatic carbocycles. The van der Waals surface area contributed by atoms with Crippen LogP contribution in [0.4, 0.5) is 0 Å². The highest BCUT2D eigenvalue weighted by Gasteiger charge is 2.34. The van der Waals surface area contributed by atoms with E-state index >= 15 is 0 Å². The van der Waals surface area contributed by atoms with Crippen molar-refractivity contribution >= 4 is 0 Å². The van der Waals surface area contributed by atoms with Gasteiger partial charge in [0.1, 0.15) is 0 Å². The summed E-state index contributed by atoms with van der Waals surface area (Å²) in [5, 5.41) is 14.4. The van der Waals surface area contributed by atoms with Gasteiger partial charge in [-0.1, -0.05) is 37.6 Å². The lowest BCUT2D eigenvalue weighted by Gasteiger charge is -2.37. The Kier molecular flexibility index (Phi) is 4.13. The Morgan fingerprint density at radius 1 is 1.10 bits per heavy atom. The van der Waals surface area contributed by atoms with Crippen molar-refractivity contribution in [3.63, 3.8) is 0 Å². The van der Waals surface area contributed by atoms with E-state index in [4.69, 9.17) is 0 Å². The van der Waals surface area contributed by atoms with Crippen LogP contribution in [0.5, 0.6) is 0 Å². The van der Waals surface area contributed by atoms with Gasteiger partial charge in [0.2, 0.25) is 0 Å². The summed E-state index contributed by atoms with van der Waals surface area (Å²) in [5.41, 5.74) is 1.99. The zero-order valence-corrected chi connectivity index (χ0v) is 12.6. The summed E-state index contributed by atoms with van der Waals surface area (Å²) in [5.74, 6) is 0.781. The van der Waals surface area contributed by atoms with E-state index in [0.29, 0.717) is 6.04 Å². The number of aliphatic hydroxyl groups is 1. The zero-order chi connectivity index (χ0) is 14.0. The van der Waals surface area contributed by atoms with Crippen molar-refractivity contribution in [2.24, 2.45) is 0 Å². The van der Waals surface area contributed by atoms with Gasteiger partial charge in [0.15, 0.2) is 0 Å². The molecule has 2 saturated carbocycles. The molecule has 0 atom stereocenters. The van der Waals surface area contributed by atoms with Gasteiger partial charge >= 0.3 is 0 Å². The number of nitrogens with one attached hydrogen (secondary N) is 1. The Morgan fingerprint density at radius 3 is 2.25 bits per heavy atom. The molecule has 20 heavy (non-hydrogen) atoms. The smallest absolute Gasteiger partial charge is 0.0897 e. The van der Waals surface area contributed by atoms with Gasteiger partial charge in [-0.15, -0.1) is 0 Å². The largest absolute Gasteiger partial charge is 0.385 e. The minimum atomic E-state index is -0.593. The van der Waals surface area contributed by atoms with Gasteiger partial charge in [0.25, 0.3) is 0 Å². The van der Waals surface area contributed by atoms with Crippen LogP contribution in [0.1, 0.15) is 68.9 Å². The average Bonchev–Trinajstić information content (AvgIpc) is 2.41. The molecule has 3 rings (SSSR count). The van der Waals surface area contributed by atoms with Gasteiger partial charge in [-0.3, -0.25) is 0 Å². The molecule has 2 aliphatic carbocycles.